The van der Waals surface area contributed by atoms with Crippen molar-refractivity contribution < 1.29 is 18.7 Å². The SMILES string of the molecule is COC(=O)c1ncc(-n2c(N[C@@](C)(SC)c3ccc(C(C)F)cc3)nc3c(c2=O)C[C@@H](C)N(C(=O)c2ccc(Cl)c(Cl)c2)C3)n1C. The lowest BCUT2D eigenvalue weighted by atomic mass is 9.98. The zero-order valence-electron chi connectivity index (χ0n) is 26.1. The van der Waals surface area contributed by atoms with E-state index < -0.39 is 17.0 Å². The number of esters is 1. The molecule has 1 aliphatic rings. The van der Waals surface area contributed by atoms with Gasteiger partial charge in [0.25, 0.3) is 11.5 Å². The molecule has 0 bridgehead atoms. The summed E-state index contributed by atoms with van der Waals surface area (Å²) in [7, 11) is 2.86. The smallest absolute Gasteiger partial charge is 0.374 e. The van der Waals surface area contributed by atoms with E-state index in [0.29, 0.717) is 27.4 Å². The van der Waals surface area contributed by atoms with Gasteiger partial charge in [-0.3, -0.25) is 9.59 Å². The van der Waals surface area contributed by atoms with Gasteiger partial charge in [-0.1, -0.05) is 47.5 Å². The zero-order valence-corrected chi connectivity index (χ0v) is 28.4. The van der Waals surface area contributed by atoms with Crippen LogP contribution < -0.4 is 10.9 Å². The minimum absolute atomic E-state index is 0.00314. The largest absolute Gasteiger partial charge is 0.463 e. The van der Waals surface area contributed by atoms with Gasteiger partial charge in [0.05, 0.1) is 35.6 Å². The molecule has 0 saturated heterocycles. The number of amides is 1. The lowest BCUT2D eigenvalue weighted by molar-refractivity contribution is 0.0582. The topological polar surface area (TPSA) is 111 Å². The van der Waals surface area contributed by atoms with Crippen molar-refractivity contribution in [3.05, 3.63) is 103 Å². The highest BCUT2D eigenvalue weighted by Gasteiger charge is 2.35. The summed E-state index contributed by atoms with van der Waals surface area (Å²) in [4.78, 5) is 50.4. The van der Waals surface area contributed by atoms with Crippen molar-refractivity contribution in [2.24, 2.45) is 7.05 Å². The standard InChI is InChI=1S/C32H33Cl2FN6O4S/c1-17-13-22-25(16-40(17)28(42)20-9-12-23(33)24(34)14-20)37-31(38-32(3,46-6)21-10-7-19(8-11-21)18(2)35)41(29(22)43)26-15-36-27(39(26)4)30(44)45-5/h7-12,14-15,17-18H,13,16H2,1-6H3,(H,37,38)/t17-,18?,32+/m1/s1. The molecule has 0 radical (unpaired) electrons. The Morgan fingerprint density at radius 3 is 2.48 bits per heavy atom. The predicted octanol–water partition coefficient (Wildman–Crippen LogP) is 6.32. The van der Waals surface area contributed by atoms with Gasteiger partial charge >= 0.3 is 5.97 Å². The third-order valence-corrected chi connectivity index (χ3v) is 10.2. The van der Waals surface area contributed by atoms with E-state index >= 15 is 0 Å². The van der Waals surface area contributed by atoms with Crippen LogP contribution in [0.5, 0.6) is 0 Å². The van der Waals surface area contributed by atoms with Gasteiger partial charge in [-0.2, -0.15) is 0 Å². The Hall–Kier alpha value is -3.87. The minimum Gasteiger partial charge on any atom is -0.463 e. The van der Waals surface area contributed by atoms with Crippen LogP contribution in [0.1, 0.15) is 70.3 Å². The van der Waals surface area contributed by atoms with E-state index in [1.807, 2.05) is 32.2 Å². The predicted molar refractivity (Wildman–Crippen MR) is 178 cm³/mol. The maximum Gasteiger partial charge on any atom is 0.374 e. The molecule has 242 valence electrons. The van der Waals surface area contributed by atoms with Crippen LogP contribution in [0.3, 0.4) is 0 Å². The van der Waals surface area contributed by atoms with Gasteiger partial charge in [0.1, 0.15) is 16.9 Å². The van der Waals surface area contributed by atoms with Gasteiger partial charge < -0.3 is 19.5 Å². The number of rotatable bonds is 8. The van der Waals surface area contributed by atoms with E-state index in [9.17, 15) is 18.8 Å². The molecule has 46 heavy (non-hydrogen) atoms. The molecular formula is C32H33Cl2FN6O4S. The van der Waals surface area contributed by atoms with Gasteiger partial charge in [-0.15, -0.1) is 11.8 Å². The van der Waals surface area contributed by atoms with Crippen LogP contribution in [0.25, 0.3) is 5.82 Å². The van der Waals surface area contributed by atoms with E-state index in [0.717, 1.165) is 5.56 Å². The van der Waals surface area contributed by atoms with E-state index in [1.165, 1.54) is 47.2 Å². The van der Waals surface area contributed by atoms with E-state index in [1.54, 1.807) is 36.2 Å². The van der Waals surface area contributed by atoms with E-state index in [-0.39, 0.29) is 53.1 Å². The molecule has 1 aliphatic heterocycles. The maximum atomic E-state index is 14.4. The number of fused-ring (bicyclic) bond motifs is 1. The molecule has 0 saturated carbocycles. The van der Waals surface area contributed by atoms with Crippen LogP contribution in [-0.4, -0.2) is 55.3 Å². The number of carbonyl (C=O) groups is 2. The van der Waals surface area contributed by atoms with E-state index in [2.05, 4.69) is 10.3 Å². The second-order valence-corrected chi connectivity index (χ2v) is 13.2. The molecule has 0 spiro atoms. The molecule has 0 fully saturated rings. The van der Waals surface area contributed by atoms with Crippen molar-refractivity contribution in [1.29, 1.82) is 0 Å². The number of aromatic nitrogens is 4. The van der Waals surface area contributed by atoms with Crippen LogP contribution in [-0.2, 0) is 29.6 Å². The van der Waals surface area contributed by atoms with Gasteiger partial charge in [-0.25, -0.2) is 23.7 Å². The number of hydrogen-bond acceptors (Lipinski definition) is 8. The third-order valence-electron chi connectivity index (χ3n) is 8.28. The molecule has 2 aromatic carbocycles. The number of imidazole rings is 1. The molecule has 10 nitrogen and oxygen atoms in total. The first kappa shape index (κ1) is 33.5. The number of alkyl halides is 1. The number of nitrogens with zero attached hydrogens (tertiary/aromatic N) is 5. The molecule has 1 amide bonds. The second kappa shape index (κ2) is 13.1. The first-order valence-corrected chi connectivity index (χ1v) is 16.4. The first-order valence-electron chi connectivity index (χ1n) is 14.4. The van der Waals surface area contributed by atoms with Crippen molar-refractivity contribution in [2.75, 3.05) is 18.7 Å². The quantitative estimate of drug-likeness (QED) is 0.169. The summed E-state index contributed by atoms with van der Waals surface area (Å²) in [6.07, 6.45) is 2.42. The van der Waals surface area contributed by atoms with Gasteiger partial charge in [0.15, 0.2) is 0 Å². The van der Waals surface area contributed by atoms with Crippen LogP contribution in [0.4, 0.5) is 10.3 Å². The lowest BCUT2D eigenvalue weighted by Crippen LogP contribution is -2.46. The Bertz CT molecular complexity index is 1880. The number of methoxy groups -OCH3 is 1. The van der Waals surface area contributed by atoms with Crippen molar-refractivity contribution in [3.8, 4) is 5.82 Å². The monoisotopic (exact) mass is 686 g/mol. The fourth-order valence-electron chi connectivity index (χ4n) is 5.43. The second-order valence-electron chi connectivity index (χ2n) is 11.2. The summed E-state index contributed by atoms with van der Waals surface area (Å²) in [5, 5.41) is 4.04. The van der Waals surface area contributed by atoms with Crippen LogP contribution in [0.2, 0.25) is 10.0 Å². The fraction of sp³-hybridized carbons (Fsp3) is 0.344. The molecule has 3 atom stereocenters. The van der Waals surface area contributed by atoms with E-state index in [4.69, 9.17) is 32.9 Å². The highest BCUT2D eigenvalue weighted by atomic mass is 35.5. The van der Waals surface area contributed by atoms with Crippen LogP contribution in [0, 0.1) is 0 Å². The number of halogens is 3. The molecule has 4 aromatic rings. The van der Waals surface area contributed by atoms with Crippen molar-refractivity contribution in [2.45, 2.75) is 50.8 Å². The normalized spacial score (nSPS) is 16.4. The first-order chi connectivity index (χ1) is 21.8. The Kier molecular flexibility index (Phi) is 9.53. The van der Waals surface area contributed by atoms with Crippen LogP contribution >= 0.6 is 35.0 Å². The number of carbonyl (C=O) groups excluding carboxylic acids is 2. The van der Waals surface area contributed by atoms with Crippen molar-refractivity contribution >= 4 is 52.8 Å². The average molecular weight is 688 g/mol. The lowest BCUT2D eigenvalue weighted by Gasteiger charge is -2.36. The number of ether oxygens (including phenoxy) is 1. The molecule has 3 heterocycles. The fourth-order valence-corrected chi connectivity index (χ4v) is 6.30. The molecule has 1 N–H and O–H groups in total. The number of benzene rings is 2. The molecule has 5 rings (SSSR count). The summed E-state index contributed by atoms with van der Waals surface area (Å²) >= 11 is 13.7. The summed E-state index contributed by atoms with van der Waals surface area (Å²) < 4.78 is 21.7. The summed E-state index contributed by atoms with van der Waals surface area (Å²) in [6.45, 7) is 5.33. The van der Waals surface area contributed by atoms with Crippen molar-refractivity contribution in [1.82, 2.24) is 24.0 Å². The molecule has 0 aliphatic carbocycles. The third kappa shape index (κ3) is 6.13. The summed E-state index contributed by atoms with van der Waals surface area (Å²) in [5.41, 5.74) is 2.21. The molecular weight excluding hydrogens is 654 g/mol. The number of hydrogen-bond donors (Lipinski definition) is 1. The van der Waals surface area contributed by atoms with Gasteiger partial charge in [-0.05, 0) is 62.8 Å². The average Bonchev–Trinajstić information content (AvgIpc) is 3.42. The molecule has 14 heteroatoms. The highest BCUT2D eigenvalue weighted by Crippen LogP contribution is 2.37. The summed E-state index contributed by atoms with van der Waals surface area (Å²) in [6, 6.07) is 11.5. The molecule has 1 unspecified atom stereocenters. The Balaban J connectivity index is 1.64. The Labute approximate surface area is 279 Å². The maximum absolute atomic E-state index is 14.4. The Morgan fingerprint density at radius 2 is 1.87 bits per heavy atom. The van der Waals surface area contributed by atoms with Gasteiger partial charge in [0.2, 0.25) is 11.8 Å². The van der Waals surface area contributed by atoms with Crippen LogP contribution in [0.15, 0.2) is 53.5 Å². The molecule has 2 aromatic heterocycles. The number of thioether (sulfide) groups is 1. The van der Waals surface area contributed by atoms with Crippen molar-refractivity contribution in [3.63, 3.8) is 0 Å². The minimum atomic E-state index is -1.12. The van der Waals surface area contributed by atoms with Gasteiger partial charge in [0, 0.05) is 24.2 Å². The number of anilines is 1. The summed E-state index contributed by atoms with van der Waals surface area (Å²) in [5.74, 6) is -0.482. The highest BCUT2D eigenvalue weighted by molar-refractivity contribution is 7.99. The zero-order chi connectivity index (χ0) is 33.5. The Morgan fingerprint density at radius 1 is 1.17 bits per heavy atom. The number of nitrogens with one attached hydrogen (secondary N) is 1.